The second-order valence-corrected chi connectivity index (χ2v) is 4.93. The number of aromatic nitrogens is 2. The molecule has 1 fully saturated rings. The summed E-state index contributed by atoms with van der Waals surface area (Å²) < 4.78 is 40.2. The van der Waals surface area contributed by atoms with Gasteiger partial charge in [0.25, 0.3) is 0 Å². The molecule has 98 valence electrons. The standard InChI is InChI=1S/C13H9F3N2S/c14-8-4-3-7(11(15)12(8)16)9-5-10(19)18-13(17-9)6-1-2-6/h3-6H,1-2H2,(H,17,18,19). The maximum atomic E-state index is 13.7. The minimum atomic E-state index is -1.48. The third kappa shape index (κ3) is 2.28. The van der Waals surface area contributed by atoms with E-state index in [0.29, 0.717) is 22.1 Å². The molecule has 2 aromatic rings. The Labute approximate surface area is 112 Å². The van der Waals surface area contributed by atoms with Crippen LogP contribution in [0.5, 0.6) is 0 Å². The van der Waals surface area contributed by atoms with Gasteiger partial charge < -0.3 is 4.98 Å². The molecule has 3 rings (SSSR count). The molecule has 0 atom stereocenters. The molecule has 1 aromatic carbocycles. The largest absolute Gasteiger partial charge is 0.343 e. The molecular weight excluding hydrogens is 273 g/mol. The Morgan fingerprint density at radius 2 is 1.89 bits per heavy atom. The molecule has 0 saturated heterocycles. The molecule has 0 radical (unpaired) electrons. The van der Waals surface area contributed by atoms with Gasteiger partial charge >= 0.3 is 0 Å². The van der Waals surface area contributed by atoms with E-state index in [2.05, 4.69) is 9.97 Å². The summed E-state index contributed by atoms with van der Waals surface area (Å²) in [7, 11) is 0. The summed E-state index contributed by atoms with van der Waals surface area (Å²) in [4.78, 5) is 7.10. The molecule has 1 aromatic heterocycles. The number of nitrogens with zero attached hydrogens (tertiary/aromatic N) is 1. The zero-order valence-corrected chi connectivity index (χ0v) is 10.5. The van der Waals surface area contributed by atoms with Gasteiger partial charge in [-0.3, -0.25) is 0 Å². The van der Waals surface area contributed by atoms with Crippen molar-refractivity contribution in [3.8, 4) is 11.3 Å². The molecule has 1 N–H and O–H groups in total. The Bertz CT molecular complexity index is 708. The lowest BCUT2D eigenvalue weighted by atomic mass is 10.1. The van der Waals surface area contributed by atoms with E-state index in [0.717, 1.165) is 18.9 Å². The summed E-state index contributed by atoms with van der Waals surface area (Å²) in [5, 5.41) is 0. The molecule has 2 nitrogen and oxygen atoms in total. The van der Waals surface area contributed by atoms with E-state index in [1.54, 1.807) is 0 Å². The van der Waals surface area contributed by atoms with Crippen molar-refractivity contribution in [3.05, 3.63) is 46.1 Å². The minimum Gasteiger partial charge on any atom is -0.343 e. The van der Waals surface area contributed by atoms with E-state index in [9.17, 15) is 13.2 Å². The highest BCUT2D eigenvalue weighted by molar-refractivity contribution is 7.71. The first-order valence-electron chi connectivity index (χ1n) is 5.81. The van der Waals surface area contributed by atoms with Crippen molar-refractivity contribution in [2.45, 2.75) is 18.8 Å². The van der Waals surface area contributed by atoms with Gasteiger partial charge in [0.05, 0.1) is 5.69 Å². The van der Waals surface area contributed by atoms with Crippen molar-refractivity contribution >= 4 is 12.2 Å². The highest BCUT2D eigenvalue weighted by Crippen LogP contribution is 2.38. The Hall–Kier alpha value is -1.69. The lowest BCUT2D eigenvalue weighted by Gasteiger charge is -2.07. The van der Waals surface area contributed by atoms with Crippen LogP contribution >= 0.6 is 12.2 Å². The molecule has 0 aliphatic heterocycles. The number of halogens is 3. The highest BCUT2D eigenvalue weighted by atomic mass is 32.1. The fourth-order valence-corrected chi connectivity index (χ4v) is 2.12. The van der Waals surface area contributed by atoms with Crippen molar-refractivity contribution in [2.24, 2.45) is 0 Å². The van der Waals surface area contributed by atoms with Crippen LogP contribution in [-0.2, 0) is 0 Å². The quantitative estimate of drug-likeness (QED) is 0.663. The van der Waals surface area contributed by atoms with Crippen LogP contribution in [0.2, 0.25) is 0 Å². The topological polar surface area (TPSA) is 28.7 Å². The van der Waals surface area contributed by atoms with Crippen LogP contribution in [0.3, 0.4) is 0 Å². The van der Waals surface area contributed by atoms with Gasteiger partial charge in [-0.25, -0.2) is 18.2 Å². The molecule has 19 heavy (non-hydrogen) atoms. The predicted molar refractivity (Wildman–Crippen MR) is 66.7 cm³/mol. The summed E-state index contributed by atoms with van der Waals surface area (Å²) in [6.45, 7) is 0. The van der Waals surface area contributed by atoms with Crippen molar-refractivity contribution in [1.82, 2.24) is 9.97 Å². The third-order valence-electron chi connectivity index (χ3n) is 3.05. The summed E-state index contributed by atoms with van der Waals surface area (Å²) in [5.41, 5.74) is 0.271. The first-order valence-corrected chi connectivity index (χ1v) is 6.22. The Morgan fingerprint density at radius 1 is 1.16 bits per heavy atom. The fourth-order valence-electron chi connectivity index (χ4n) is 1.91. The van der Waals surface area contributed by atoms with Crippen molar-refractivity contribution in [3.63, 3.8) is 0 Å². The summed E-state index contributed by atoms with van der Waals surface area (Å²) in [6, 6.07) is 3.52. The van der Waals surface area contributed by atoms with Gasteiger partial charge in [0.15, 0.2) is 17.5 Å². The van der Waals surface area contributed by atoms with Gasteiger partial charge in [-0.05, 0) is 31.0 Å². The van der Waals surface area contributed by atoms with Crippen LogP contribution in [0.25, 0.3) is 11.3 Å². The Balaban J connectivity index is 2.16. The average Bonchev–Trinajstić information content (AvgIpc) is 3.19. The molecule has 6 heteroatoms. The van der Waals surface area contributed by atoms with Crippen LogP contribution in [0.4, 0.5) is 13.2 Å². The first-order chi connectivity index (χ1) is 9.06. The molecule has 0 bridgehead atoms. The van der Waals surface area contributed by atoms with Gasteiger partial charge in [0, 0.05) is 11.5 Å². The van der Waals surface area contributed by atoms with Gasteiger partial charge in [-0.1, -0.05) is 12.2 Å². The second kappa shape index (κ2) is 4.45. The zero-order chi connectivity index (χ0) is 13.6. The number of aromatic amines is 1. The van der Waals surface area contributed by atoms with E-state index in [1.165, 1.54) is 12.1 Å². The maximum absolute atomic E-state index is 13.7. The summed E-state index contributed by atoms with van der Waals surface area (Å²) in [5.74, 6) is -2.95. The van der Waals surface area contributed by atoms with Gasteiger partial charge in [-0.2, -0.15) is 0 Å². The predicted octanol–water partition coefficient (Wildman–Crippen LogP) is 4.10. The SMILES string of the molecule is Fc1ccc(-c2cc(=S)nc(C3CC3)[nH]2)c(F)c1F. The van der Waals surface area contributed by atoms with Crippen molar-refractivity contribution in [2.75, 3.05) is 0 Å². The van der Waals surface area contributed by atoms with Gasteiger partial charge in [0.1, 0.15) is 10.5 Å². The molecule has 1 aliphatic rings. The van der Waals surface area contributed by atoms with Crippen LogP contribution < -0.4 is 0 Å². The fraction of sp³-hybridized carbons (Fsp3) is 0.231. The number of benzene rings is 1. The van der Waals surface area contributed by atoms with E-state index >= 15 is 0 Å². The van der Waals surface area contributed by atoms with Crippen molar-refractivity contribution < 1.29 is 13.2 Å². The zero-order valence-electron chi connectivity index (χ0n) is 9.71. The maximum Gasteiger partial charge on any atom is 0.195 e. The minimum absolute atomic E-state index is 0.0469. The number of hydrogen-bond donors (Lipinski definition) is 1. The van der Waals surface area contributed by atoms with E-state index in [1.807, 2.05) is 0 Å². The monoisotopic (exact) mass is 282 g/mol. The number of nitrogens with one attached hydrogen (secondary N) is 1. The second-order valence-electron chi connectivity index (χ2n) is 4.52. The molecule has 1 saturated carbocycles. The lowest BCUT2D eigenvalue weighted by molar-refractivity contribution is 0.449. The summed E-state index contributed by atoms with van der Waals surface area (Å²) in [6.07, 6.45) is 2.00. The highest BCUT2D eigenvalue weighted by Gasteiger charge is 2.26. The normalized spacial score (nSPS) is 14.7. The molecule has 0 unspecified atom stereocenters. The van der Waals surface area contributed by atoms with Crippen molar-refractivity contribution in [1.29, 1.82) is 0 Å². The van der Waals surface area contributed by atoms with E-state index in [-0.39, 0.29) is 5.56 Å². The van der Waals surface area contributed by atoms with Crippen LogP contribution in [0.15, 0.2) is 18.2 Å². The number of H-pyrrole nitrogens is 1. The van der Waals surface area contributed by atoms with Gasteiger partial charge in [0.2, 0.25) is 0 Å². The molecular formula is C13H9F3N2S. The molecule has 0 spiro atoms. The average molecular weight is 282 g/mol. The molecule has 1 heterocycles. The first kappa shape index (κ1) is 12.3. The smallest absolute Gasteiger partial charge is 0.195 e. The Morgan fingerprint density at radius 3 is 2.58 bits per heavy atom. The van der Waals surface area contributed by atoms with Crippen LogP contribution in [0.1, 0.15) is 24.6 Å². The van der Waals surface area contributed by atoms with Crippen LogP contribution in [-0.4, -0.2) is 9.97 Å². The van der Waals surface area contributed by atoms with Crippen LogP contribution in [0, 0.1) is 22.1 Å². The number of rotatable bonds is 2. The molecule has 0 amide bonds. The number of hydrogen-bond acceptors (Lipinski definition) is 2. The van der Waals surface area contributed by atoms with Gasteiger partial charge in [-0.15, -0.1) is 0 Å². The lowest BCUT2D eigenvalue weighted by Crippen LogP contribution is -1.99. The summed E-state index contributed by atoms with van der Waals surface area (Å²) >= 11 is 5.01. The Kier molecular flexibility index (Phi) is 2.89. The van der Waals surface area contributed by atoms with E-state index in [4.69, 9.17) is 12.2 Å². The van der Waals surface area contributed by atoms with E-state index < -0.39 is 17.5 Å². The molecule has 1 aliphatic carbocycles. The third-order valence-corrected chi connectivity index (χ3v) is 3.26.